The van der Waals surface area contributed by atoms with Crippen molar-refractivity contribution in [3.8, 4) is 0 Å². The van der Waals surface area contributed by atoms with Gasteiger partial charge >= 0.3 is 12.1 Å². The van der Waals surface area contributed by atoms with Crippen molar-refractivity contribution in [3.05, 3.63) is 0 Å². The zero-order chi connectivity index (χ0) is 13.6. The Kier molecular flexibility index (Phi) is 5.72. The SMILES string of the molecule is COC(=O)C1(NC(=O)O)CC(CCCCCCl)C1. The summed E-state index contributed by atoms with van der Waals surface area (Å²) in [6.45, 7) is 0. The molecular weight excluding hydrogens is 258 g/mol. The molecule has 1 saturated carbocycles. The maximum absolute atomic E-state index is 11.6. The highest BCUT2D eigenvalue weighted by atomic mass is 35.5. The van der Waals surface area contributed by atoms with Crippen LogP contribution in [-0.2, 0) is 9.53 Å². The lowest BCUT2D eigenvalue weighted by atomic mass is 9.66. The first kappa shape index (κ1) is 15.1. The van der Waals surface area contributed by atoms with Crippen LogP contribution in [0.25, 0.3) is 0 Å². The summed E-state index contributed by atoms with van der Waals surface area (Å²) in [5.41, 5.74) is -1.02. The zero-order valence-electron chi connectivity index (χ0n) is 10.6. The van der Waals surface area contributed by atoms with E-state index in [2.05, 4.69) is 10.1 Å². The molecule has 1 aliphatic rings. The average Bonchev–Trinajstić information content (AvgIpc) is 2.29. The largest absolute Gasteiger partial charge is 0.467 e. The third-order valence-corrected chi connectivity index (χ3v) is 3.71. The molecular formula is C12H20ClNO4. The Labute approximate surface area is 112 Å². The zero-order valence-corrected chi connectivity index (χ0v) is 11.3. The van der Waals surface area contributed by atoms with Gasteiger partial charge in [0.05, 0.1) is 7.11 Å². The second-order valence-electron chi connectivity index (χ2n) is 4.82. The van der Waals surface area contributed by atoms with E-state index in [-0.39, 0.29) is 0 Å². The van der Waals surface area contributed by atoms with Crippen molar-refractivity contribution >= 4 is 23.7 Å². The van der Waals surface area contributed by atoms with Crippen molar-refractivity contribution in [1.29, 1.82) is 0 Å². The highest BCUT2D eigenvalue weighted by Gasteiger charge is 2.51. The molecule has 0 aromatic heterocycles. The fraction of sp³-hybridized carbons (Fsp3) is 0.833. The van der Waals surface area contributed by atoms with E-state index in [1.807, 2.05) is 0 Å². The van der Waals surface area contributed by atoms with Crippen LogP contribution in [0.5, 0.6) is 0 Å². The number of hydrogen-bond donors (Lipinski definition) is 2. The molecule has 0 saturated heterocycles. The Morgan fingerprint density at radius 1 is 1.39 bits per heavy atom. The smallest absolute Gasteiger partial charge is 0.405 e. The molecule has 0 atom stereocenters. The van der Waals surface area contributed by atoms with E-state index in [1.165, 1.54) is 7.11 Å². The minimum Gasteiger partial charge on any atom is -0.467 e. The maximum atomic E-state index is 11.6. The van der Waals surface area contributed by atoms with Gasteiger partial charge in [0.1, 0.15) is 5.54 Å². The number of alkyl halides is 1. The van der Waals surface area contributed by atoms with Crippen molar-refractivity contribution < 1.29 is 19.4 Å². The van der Waals surface area contributed by atoms with Crippen molar-refractivity contribution in [2.45, 2.75) is 44.1 Å². The van der Waals surface area contributed by atoms with Crippen LogP contribution in [0, 0.1) is 5.92 Å². The third-order valence-electron chi connectivity index (χ3n) is 3.44. The molecule has 1 rings (SSSR count). The van der Waals surface area contributed by atoms with Crippen LogP contribution in [0.15, 0.2) is 0 Å². The normalized spacial score (nSPS) is 26.2. The van der Waals surface area contributed by atoms with Gasteiger partial charge in [-0.05, 0) is 25.2 Å². The Balaban J connectivity index is 2.37. The summed E-state index contributed by atoms with van der Waals surface area (Å²) in [6.07, 6.45) is 4.06. The van der Waals surface area contributed by atoms with Gasteiger partial charge in [0.2, 0.25) is 0 Å². The van der Waals surface area contributed by atoms with Gasteiger partial charge in [0.15, 0.2) is 0 Å². The first-order valence-corrected chi connectivity index (χ1v) is 6.73. The predicted octanol–water partition coefficient (Wildman–Crippen LogP) is 2.38. The number of nitrogens with one attached hydrogen (secondary N) is 1. The lowest BCUT2D eigenvalue weighted by Gasteiger charge is -2.44. The topological polar surface area (TPSA) is 75.6 Å². The van der Waals surface area contributed by atoms with Crippen LogP contribution in [0.4, 0.5) is 4.79 Å². The Bertz CT molecular complexity index is 302. The number of carbonyl (C=O) groups excluding carboxylic acids is 1. The van der Waals surface area contributed by atoms with Gasteiger partial charge in [-0.25, -0.2) is 9.59 Å². The van der Waals surface area contributed by atoms with E-state index in [1.54, 1.807) is 0 Å². The van der Waals surface area contributed by atoms with Crippen molar-refractivity contribution in [2.24, 2.45) is 5.92 Å². The molecule has 0 bridgehead atoms. The summed E-state index contributed by atoms with van der Waals surface area (Å²) in [6, 6.07) is 0. The number of carboxylic acid groups (broad SMARTS) is 1. The standard InChI is InChI=1S/C12H20ClNO4/c1-18-10(15)12(14-11(16)17)7-9(8-12)5-3-2-4-6-13/h9,14H,2-8H2,1H3,(H,16,17). The van der Waals surface area contributed by atoms with Gasteiger partial charge in [-0.1, -0.05) is 19.3 Å². The van der Waals surface area contributed by atoms with E-state index in [0.29, 0.717) is 24.6 Å². The van der Waals surface area contributed by atoms with Crippen molar-refractivity contribution in [1.82, 2.24) is 5.32 Å². The molecule has 0 aromatic rings. The van der Waals surface area contributed by atoms with Crippen LogP contribution in [0.1, 0.15) is 38.5 Å². The van der Waals surface area contributed by atoms with E-state index < -0.39 is 17.6 Å². The minimum atomic E-state index is -1.18. The Morgan fingerprint density at radius 2 is 2.06 bits per heavy atom. The summed E-state index contributed by atoms with van der Waals surface area (Å²) in [7, 11) is 1.28. The van der Waals surface area contributed by atoms with Crippen LogP contribution < -0.4 is 5.32 Å². The number of unbranched alkanes of at least 4 members (excludes halogenated alkanes) is 2. The van der Waals surface area contributed by atoms with E-state index in [0.717, 1.165) is 25.7 Å². The predicted molar refractivity (Wildman–Crippen MR) is 67.8 cm³/mol. The van der Waals surface area contributed by atoms with E-state index in [4.69, 9.17) is 16.7 Å². The van der Waals surface area contributed by atoms with Gasteiger partial charge in [0, 0.05) is 5.88 Å². The highest BCUT2D eigenvalue weighted by molar-refractivity contribution is 6.17. The van der Waals surface area contributed by atoms with E-state index in [9.17, 15) is 9.59 Å². The molecule has 0 unspecified atom stereocenters. The molecule has 2 N–H and O–H groups in total. The number of amides is 1. The van der Waals surface area contributed by atoms with Crippen LogP contribution in [0.2, 0.25) is 0 Å². The molecule has 0 heterocycles. The summed E-state index contributed by atoms with van der Waals surface area (Å²) in [5.74, 6) is 0.588. The molecule has 0 aliphatic heterocycles. The van der Waals surface area contributed by atoms with Crippen LogP contribution >= 0.6 is 11.6 Å². The molecule has 6 heteroatoms. The molecule has 18 heavy (non-hydrogen) atoms. The summed E-state index contributed by atoms with van der Waals surface area (Å²) in [5, 5.41) is 11.1. The molecule has 0 spiro atoms. The van der Waals surface area contributed by atoms with Gasteiger partial charge in [0.25, 0.3) is 0 Å². The number of halogens is 1. The van der Waals surface area contributed by atoms with Crippen LogP contribution in [-0.4, -0.2) is 35.7 Å². The minimum absolute atomic E-state index is 0.395. The first-order valence-electron chi connectivity index (χ1n) is 6.19. The Morgan fingerprint density at radius 3 is 2.56 bits per heavy atom. The van der Waals surface area contributed by atoms with Gasteiger partial charge in [-0.3, -0.25) is 0 Å². The fourth-order valence-electron chi connectivity index (χ4n) is 2.55. The number of ether oxygens (including phenoxy) is 1. The summed E-state index contributed by atoms with van der Waals surface area (Å²) >= 11 is 5.59. The molecule has 1 amide bonds. The molecule has 1 fully saturated rings. The van der Waals surface area contributed by atoms with Crippen molar-refractivity contribution in [2.75, 3.05) is 13.0 Å². The van der Waals surface area contributed by atoms with Gasteiger partial charge in [-0.15, -0.1) is 11.6 Å². The maximum Gasteiger partial charge on any atom is 0.405 e. The average molecular weight is 278 g/mol. The number of esters is 1. The highest BCUT2D eigenvalue weighted by Crippen LogP contribution is 2.41. The molecule has 0 radical (unpaired) electrons. The van der Waals surface area contributed by atoms with Gasteiger partial charge in [-0.2, -0.15) is 0 Å². The summed E-state index contributed by atoms with van der Waals surface area (Å²) < 4.78 is 4.67. The molecule has 104 valence electrons. The molecule has 0 aromatic carbocycles. The lowest BCUT2D eigenvalue weighted by Crippen LogP contribution is -2.62. The third kappa shape index (κ3) is 3.77. The second-order valence-corrected chi connectivity index (χ2v) is 5.19. The monoisotopic (exact) mass is 277 g/mol. The first-order chi connectivity index (χ1) is 8.54. The summed E-state index contributed by atoms with van der Waals surface area (Å²) in [4.78, 5) is 22.3. The number of rotatable bonds is 7. The second kappa shape index (κ2) is 6.83. The Hall–Kier alpha value is -0.970. The fourth-order valence-corrected chi connectivity index (χ4v) is 2.74. The molecule has 1 aliphatic carbocycles. The lowest BCUT2D eigenvalue weighted by molar-refractivity contribution is -0.154. The van der Waals surface area contributed by atoms with Crippen LogP contribution in [0.3, 0.4) is 0 Å². The number of methoxy groups -OCH3 is 1. The number of hydrogen-bond acceptors (Lipinski definition) is 3. The van der Waals surface area contributed by atoms with E-state index >= 15 is 0 Å². The van der Waals surface area contributed by atoms with Gasteiger partial charge < -0.3 is 15.2 Å². The van der Waals surface area contributed by atoms with Crippen molar-refractivity contribution in [3.63, 3.8) is 0 Å². The molecule has 5 nitrogen and oxygen atoms in total. The quantitative estimate of drug-likeness (QED) is 0.426. The number of carbonyl (C=O) groups is 2.